The molecule has 0 radical (unpaired) electrons. The van der Waals surface area contributed by atoms with Gasteiger partial charge in [-0.1, -0.05) is 5.16 Å². The zero-order valence-corrected chi connectivity index (χ0v) is 16.7. The molecule has 4 rings (SSSR count). The van der Waals surface area contributed by atoms with Crippen LogP contribution in [0, 0.1) is 5.92 Å². The van der Waals surface area contributed by atoms with Crippen LogP contribution in [0.3, 0.4) is 0 Å². The fraction of sp³-hybridized carbons (Fsp3) is 0.619. The fourth-order valence-electron chi connectivity index (χ4n) is 3.92. The number of amides is 1. The van der Waals surface area contributed by atoms with Gasteiger partial charge < -0.3 is 18.9 Å². The van der Waals surface area contributed by atoms with Crippen molar-refractivity contribution in [2.45, 2.75) is 44.6 Å². The molecule has 29 heavy (non-hydrogen) atoms. The van der Waals surface area contributed by atoms with Gasteiger partial charge in [-0.25, -0.2) is 0 Å². The lowest BCUT2D eigenvalue weighted by Crippen LogP contribution is -2.38. The number of carbonyl (C=O) groups excluding carboxylic acids is 1. The van der Waals surface area contributed by atoms with Crippen LogP contribution < -0.4 is 0 Å². The minimum absolute atomic E-state index is 0.0170. The molecule has 0 aliphatic carbocycles. The van der Waals surface area contributed by atoms with E-state index in [1.165, 1.54) is 0 Å². The van der Waals surface area contributed by atoms with Crippen molar-refractivity contribution in [3.05, 3.63) is 41.8 Å². The molecule has 1 amide bonds. The van der Waals surface area contributed by atoms with Crippen LogP contribution in [-0.2, 0) is 15.9 Å². The summed E-state index contributed by atoms with van der Waals surface area (Å²) < 4.78 is 16.7. The molecule has 0 bridgehead atoms. The minimum atomic E-state index is -0.172. The molecule has 1 atom stereocenters. The Morgan fingerprint density at radius 2 is 2.00 bits per heavy atom. The number of aromatic nitrogens is 3. The predicted octanol–water partition coefficient (Wildman–Crippen LogP) is 2.82. The molecule has 0 aromatic carbocycles. The van der Waals surface area contributed by atoms with Crippen molar-refractivity contribution in [3.63, 3.8) is 0 Å². The van der Waals surface area contributed by atoms with Gasteiger partial charge in [-0.2, -0.15) is 4.98 Å². The third kappa shape index (κ3) is 5.19. The van der Waals surface area contributed by atoms with Gasteiger partial charge >= 0.3 is 0 Å². The lowest BCUT2D eigenvalue weighted by molar-refractivity contribution is 0.0211. The summed E-state index contributed by atoms with van der Waals surface area (Å²) in [5.41, 5.74) is 0.633. The lowest BCUT2D eigenvalue weighted by atomic mass is 10.0. The van der Waals surface area contributed by atoms with Crippen molar-refractivity contribution in [3.8, 4) is 0 Å². The SMILES string of the molecule is O=C(c1ccncc1)N1CCCCC1c1nc(CCOCC2CCOCC2)no1. The Bertz CT molecular complexity index is 776. The molecule has 2 aromatic rings. The molecule has 0 saturated carbocycles. The zero-order valence-electron chi connectivity index (χ0n) is 16.7. The van der Waals surface area contributed by atoms with Crippen molar-refractivity contribution in [2.24, 2.45) is 5.92 Å². The average Bonchev–Trinajstić information content (AvgIpc) is 3.26. The Kier molecular flexibility index (Phi) is 6.84. The van der Waals surface area contributed by atoms with E-state index in [-0.39, 0.29) is 11.9 Å². The minimum Gasteiger partial charge on any atom is -0.381 e. The number of pyridine rings is 1. The Balaban J connectivity index is 1.32. The highest BCUT2D eigenvalue weighted by Crippen LogP contribution is 2.31. The largest absolute Gasteiger partial charge is 0.381 e. The highest BCUT2D eigenvalue weighted by Gasteiger charge is 2.32. The van der Waals surface area contributed by atoms with E-state index in [0.717, 1.165) is 51.9 Å². The summed E-state index contributed by atoms with van der Waals surface area (Å²) >= 11 is 0. The number of ether oxygens (including phenoxy) is 2. The van der Waals surface area contributed by atoms with E-state index in [1.54, 1.807) is 24.5 Å². The van der Waals surface area contributed by atoms with E-state index >= 15 is 0 Å². The number of rotatable bonds is 7. The maximum atomic E-state index is 12.9. The van der Waals surface area contributed by atoms with Crippen molar-refractivity contribution >= 4 is 5.91 Å². The van der Waals surface area contributed by atoms with Crippen molar-refractivity contribution in [2.75, 3.05) is 33.0 Å². The van der Waals surface area contributed by atoms with Gasteiger partial charge in [0.25, 0.3) is 5.91 Å². The Morgan fingerprint density at radius 3 is 2.83 bits per heavy atom. The molecule has 0 N–H and O–H groups in total. The number of hydrogen-bond donors (Lipinski definition) is 0. The van der Waals surface area contributed by atoms with Gasteiger partial charge in [0.1, 0.15) is 6.04 Å². The summed E-state index contributed by atoms with van der Waals surface area (Å²) in [6.07, 6.45) is 8.86. The summed E-state index contributed by atoms with van der Waals surface area (Å²) in [6.45, 7) is 3.68. The van der Waals surface area contributed by atoms with Crippen LogP contribution in [0.4, 0.5) is 0 Å². The van der Waals surface area contributed by atoms with Crippen molar-refractivity contribution in [1.29, 1.82) is 0 Å². The summed E-state index contributed by atoms with van der Waals surface area (Å²) in [5, 5.41) is 4.11. The van der Waals surface area contributed by atoms with E-state index in [2.05, 4.69) is 15.1 Å². The first-order valence-corrected chi connectivity index (χ1v) is 10.5. The molecule has 2 aliphatic heterocycles. The first-order valence-electron chi connectivity index (χ1n) is 10.5. The van der Waals surface area contributed by atoms with Crippen LogP contribution in [-0.4, -0.2) is 58.9 Å². The molecule has 8 nitrogen and oxygen atoms in total. The molecule has 1 unspecified atom stereocenters. The molecule has 2 aromatic heterocycles. The Morgan fingerprint density at radius 1 is 1.17 bits per heavy atom. The van der Waals surface area contributed by atoms with Crippen LogP contribution in [0.2, 0.25) is 0 Å². The normalized spacial score (nSPS) is 20.7. The van der Waals surface area contributed by atoms with Crippen LogP contribution in [0.1, 0.15) is 60.2 Å². The highest BCUT2D eigenvalue weighted by molar-refractivity contribution is 5.94. The van der Waals surface area contributed by atoms with E-state index in [0.29, 0.717) is 42.8 Å². The quantitative estimate of drug-likeness (QED) is 0.660. The van der Waals surface area contributed by atoms with Gasteiger partial charge in [0.2, 0.25) is 5.89 Å². The molecule has 156 valence electrons. The molecular weight excluding hydrogens is 372 g/mol. The third-order valence-electron chi connectivity index (χ3n) is 5.62. The lowest BCUT2D eigenvalue weighted by Gasteiger charge is -2.33. The smallest absolute Gasteiger partial charge is 0.254 e. The fourth-order valence-corrected chi connectivity index (χ4v) is 3.92. The maximum absolute atomic E-state index is 12.9. The molecule has 4 heterocycles. The van der Waals surface area contributed by atoms with Gasteiger partial charge in [-0.05, 0) is 50.2 Å². The maximum Gasteiger partial charge on any atom is 0.254 e. The van der Waals surface area contributed by atoms with Crippen molar-refractivity contribution < 1.29 is 18.8 Å². The second-order valence-electron chi connectivity index (χ2n) is 7.68. The number of nitrogens with zero attached hydrogens (tertiary/aromatic N) is 4. The number of hydrogen-bond acceptors (Lipinski definition) is 7. The molecule has 0 spiro atoms. The molecule has 2 saturated heterocycles. The predicted molar refractivity (Wildman–Crippen MR) is 104 cm³/mol. The number of piperidine rings is 1. The first-order chi connectivity index (χ1) is 14.3. The number of likely N-dealkylation sites (tertiary alicyclic amines) is 1. The zero-order chi connectivity index (χ0) is 19.9. The molecule has 2 aliphatic rings. The molecular formula is C21H28N4O4. The highest BCUT2D eigenvalue weighted by atomic mass is 16.5. The third-order valence-corrected chi connectivity index (χ3v) is 5.62. The summed E-state index contributed by atoms with van der Waals surface area (Å²) in [6, 6.07) is 3.31. The van der Waals surface area contributed by atoms with E-state index in [1.807, 2.05) is 4.90 Å². The Hall–Kier alpha value is -2.32. The van der Waals surface area contributed by atoms with Gasteiger partial charge in [0.05, 0.1) is 6.61 Å². The van der Waals surface area contributed by atoms with Crippen LogP contribution in [0.25, 0.3) is 0 Å². The van der Waals surface area contributed by atoms with Crippen LogP contribution >= 0.6 is 0 Å². The standard InChI is InChI=1S/C21H28N4O4/c26-21(17-4-9-22-10-5-17)25-11-2-1-3-18(25)20-23-19(24-29-20)8-14-28-15-16-6-12-27-13-7-16/h4-5,9-10,16,18H,1-3,6-8,11-15H2. The topological polar surface area (TPSA) is 90.6 Å². The first kappa shape index (κ1) is 20.0. The van der Waals surface area contributed by atoms with Gasteiger partial charge in [0.15, 0.2) is 5.82 Å². The monoisotopic (exact) mass is 400 g/mol. The second-order valence-corrected chi connectivity index (χ2v) is 7.68. The molecule has 2 fully saturated rings. The summed E-state index contributed by atoms with van der Waals surface area (Å²) in [5.74, 6) is 1.72. The average molecular weight is 400 g/mol. The van der Waals surface area contributed by atoms with Crippen LogP contribution in [0.5, 0.6) is 0 Å². The van der Waals surface area contributed by atoms with Gasteiger partial charge in [-0.15, -0.1) is 0 Å². The van der Waals surface area contributed by atoms with Gasteiger partial charge in [0, 0.05) is 50.7 Å². The van der Waals surface area contributed by atoms with Gasteiger partial charge in [-0.3, -0.25) is 9.78 Å². The Labute approximate surface area is 170 Å². The van der Waals surface area contributed by atoms with E-state index < -0.39 is 0 Å². The van der Waals surface area contributed by atoms with E-state index in [4.69, 9.17) is 14.0 Å². The van der Waals surface area contributed by atoms with E-state index in [9.17, 15) is 4.79 Å². The summed E-state index contributed by atoms with van der Waals surface area (Å²) in [4.78, 5) is 23.3. The number of carbonyl (C=O) groups is 1. The summed E-state index contributed by atoms with van der Waals surface area (Å²) in [7, 11) is 0. The van der Waals surface area contributed by atoms with Crippen LogP contribution in [0.15, 0.2) is 29.0 Å². The second kappa shape index (κ2) is 9.93. The van der Waals surface area contributed by atoms with Crippen molar-refractivity contribution in [1.82, 2.24) is 20.0 Å². The molecule has 8 heteroatoms.